The van der Waals surface area contributed by atoms with Crippen LogP contribution >= 0.6 is 15.9 Å². The molecule has 0 unspecified atom stereocenters. The van der Waals surface area contributed by atoms with E-state index in [4.69, 9.17) is 9.52 Å². The number of phenolic OH excluding ortho intramolecular Hbond substituents is 1. The lowest BCUT2D eigenvalue weighted by Crippen LogP contribution is -2.05. The van der Waals surface area contributed by atoms with Gasteiger partial charge in [0.1, 0.15) is 17.9 Å². The van der Waals surface area contributed by atoms with Crippen molar-refractivity contribution in [2.75, 3.05) is 0 Å². The molecule has 0 bridgehead atoms. The van der Waals surface area contributed by atoms with E-state index in [1.54, 1.807) is 0 Å². The molecule has 1 aromatic carbocycles. The number of hydrogen-bond donors (Lipinski definition) is 2. The lowest BCUT2D eigenvalue weighted by molar-refractivity contribution is 0.0856. The van der Waals surface area contributed by atoms with Gasteiger partial charge in [0.25, 0.3) is 0 Å². The molecule has 0 amide bonds. The van der Waals surface area contributed by atoms with Crippen molar-refractivity contribution in [2.24, 2.45) is 0 Å². The van der Waals surface area contributed by atoms with Gasteiger partial charge in [0.05, 0.1) is 4.47 Å². The lowest BCUT2D eigenvalue weighted by atomic mass is 10.1. The van der Waals surface area contributed by atoms with Gasteiger partial charge in [-0.25, -0.2) is 9.59 Å². The van der Waals surface area contributed by atoms with Gasteiger partial charge in [-0.2, -0.15) is 0 Å². The van der Waals surface area contributed by atoms with Crippen LogP contribution in [-0.4, -0.2) is 16.4 Å². The summed E-state index contributed by atoms with van der Waals surface area (Å²) in [4.78, 5) is 21.6. The topological polar surface area (TPSA) is 97.0 Å². The zero-order valence-corrected chi connectivity index (χ0v) is 10.4. The third kappa shape index (κ3) is 2.45. The van der Waals surface area contributed by atoms with Crippen LogP contribution in [0.15, 0.2) is 31.9 Å². The van der Waals surface area contributed by atoms with E-state index in [9.17, 15) is 14.7 Å². The molecule has 0 saturated heterocycles. The fraction of sp³-hybridized carbons (Fsp3) is 0.0909. The number of benzene rings is 1. The maximum Gasteiger partial charge on any atom is 0.506 e. The molecule has 2 aromatic rings. The first kappa shape index (κ1) is 12.4. The van der Waals surface area contributed by atoms with E-state index in [2.05, 4.69) is 20.7 Å². The Morgan fingerprint density at radius 3 is 2.78 bits per heavy atom. The van der Waals surface area contributed by atoms with Crippen LogP contribution in [0.25, 0.3) is 11.0 Å². The maximum atomic E-state index is 11.3. The van der Waals surface area contributed by atoms with Gasteiger partial charge in [0.2, 0.25) is 0 Å². The van der Waals surface area contributed by atoms with Crippen LogP contribution < -0.4 is 5.63 Å². The molecule has 2 rings (SSSR count). The van der Waals surface area contributed by atoms with E-state index < -0.39 is 11.8 Å². The van der Waals surface area contributed by atoms with Gasteiger partial charge in [-0.1, -0.05) is 0 Å². The molecule has 0 saturated carbocycles. The SMILES string of the molecule is O=C(O)OCc1cc(=O)oc2cc(O)c(Br)cc12. The Balaban J connectivity index is 2.60. The van der Waals surface area contributed by atoms with Crippen LogP contribution in [-0.2, 0) is 11.3 Å². The number of halogens is 1. The first-order valence-corrected chi connectivity index (χ1v) is 5.57. The van der Waals surface area contributed by atoms with Gasteiger partial charge >= 0.3 is 11.8 Å². The van der Waals surface area contributed by atoms with E-state index in [1.165, 1.54) is 12.1 Å². The Labute approximate surface area is 109 Å². The Bertz CT molecular complexity index is 675. The first-order valence-electron chi connectivity index (χ1n) is 4.78. The van der Waals surface area contributed by atoms with Crippen LogP contribution in [0.3, 0.4) is 0 Å². The van der Waals surface area contributed by atoms with Crippen molar-refractivity contribution in [1.82, 2.24) is 0 Å². The number of ether oxygens (including phenoxy) is 1. The minimum atomic E-state index is -1.44. The smallest absolute Gasteiger partial charge is 0.506 e. The van der Waals surface area contributed by atoms with Gasteiger partial charge in [0.15, 0.2) is 0 Å². The summed E-state index contributed by atoms with van der Waals surface area (Å²) in [6.45, 7) is -0.269. The van der Waals surface area contributed by atoms with Gasteiger partial charge in [-0.15, -0.1) is 0 Å². The molecule has 0 aliphatic carbocycles. The maximum absolute atomic E-state index is 11.3. The van der Waals surface area contributed by atoms with Crippen molar-refractivity contribution >= 4 is 33.1 Å². The largest absolute Gasteiger partial charge is 0.507 e. The Morgan fingerprint density at radius 1 is 1.39 bits per heavy atom. The summed E-state index contributed by atoms with van der Waals surface area (Å²) in [5.74, 6) is -0.0815. The molecule has 0 fully saturated rings. The normalized spacial score (nSPS) is 10.5. The monoisotopic (exact) mass is 314 g/mol. The Kier molecular flexibility index (Phi) is 3.24. The summed E-state index contributed by atoms with van der Waals surface area (Å²) >= 11 is 3.12. The second-order valence-corrected chi connectivity index (χ2v) is 4.30. The molecule has 0 radical (unpaired) electrons. The summed E-state index contributed by atoms with van der Waals surface area (Å²) in [6.07, 6.45) is -1.44. The molecular formula is C11H7BrO6. The van der Waals surface area contributed by atoms with Crippen molar-refractivity contribution in [2.45, 2.75) is 6.61 Å². The standard InChI is InChI=1S/C11H7BrO6/c12-7-2-6-5(4-17-11(15)16)1-10(14)18-9(6)3-8(7)13/h1-3,13H,4H2,(H,15,16). The number of carboxylic acid groups (broad SMARTS) is 1. The fourth-order valence-electron chi connectivity index (χ4n) is 1.49. The Morgan fingerprint density at radius 2 is 2.11 bits per heavy atom. The fourth-order valence-corrected chi connectivity index (χ4v) is 1.84. The second kappa shape index (κ2) is 4.69. The zero-order chi connectivity index (χ0) is 13.3. The third-order valence-corrected chi connectivity index (χ3v) is 2.88. The number of aromatic hydroxyl groups is 1. The molecule has 0 aliphatic rings. The summed E-state index contributed by atoms with van der Waals surface area (Å²) < 4.78 is 9.73. The average Bonchev–Trinajstić information content (AvgIpc) is 2.28. The molecule has 1 heterocycles. The second-order valence-electron chi connectivity index (χ2n) is 3.45. The molecule has 0 atom stereocenters. The average molecular weight is 315 g/mol. The number of fused-ring (bicyclic) bond motifs is 1. The van der Waals surface area contributed by atoms with Crippen LogP contribution in [0.4, 0.5) is 4.79 Å². The minimum absolute atomic E-state index is 0.0815. The number of rotatable bonds is 2. The van der Waals surface area contributed by atoms with E-state index in [0.29, 0.717) is 15.4 Å². The van der Waals surface area contributed by atoms with Crippen molar-refractivity contribution in [3.63, 3.8) is 0 Å². The zero-order valence-electron chi connectivity index (χ0n) is 8.84. The van der Waals surface area contributed by atoms with Gasteiger partial charge in [-0.05, 0) is 22.0 Å². The van der Waals surface area contributed by atoms with Crippen LogP contribution in [0.5, 0.6) is 5.75 Å². The highest BCUT2D eigenvalue weighted by Gasteiger charge is 2.10. The van der Waals surface area contributed by atoms with Crippen molar-refractivity contribution in [1.29, 1.82) is 0 Å². The third-order valence-electron chi connectivity index (χ3n) is 2.25. The molecule has 2 N–H and O–H groups in total. The first-order chi connectivity index (χ1) is 8.47. The highest BCUT2D eigenvalue weighted by molar-refractivity contribution is 9.10. The van der Waals surface area contributed by atoms with Crippen LogP contribution in [0, 0.1) is 0 Å². The number of carbonyl (C=O) groups is 1. The summed E-state index contributed by atoms with van der Waals surface area (Å²) in [6, 6.07) is 3.94. The lowest BCUT2D eigenvalue weighted by Gasteiger charge is -2.06. The van der Waals surface area contributed by atoms with E-state index in [-0.39, 0.29) is 17.9 Å². The van der Waals surface area contributed by atoms with Crippen LogP contribution in [0.2, 0.25) is 0 Å². The van der Waals surface area contributed by atoms with E-state index in [0.717, 1.165) is 6.07 Å². The molecule has 0 aliphatic heterocycles. The Hall–Kier alpha value is -2.02. The highest BCUT2D eigenvalue weighted by atomic mass is 79.9. The number of phenols is 1. The molecule has 7 heteroatoms. The summed E-state index contributed by atoms with van der Waals surface area (Å²) in [5, 5.41) is 18.4. The predicted molar refractivity (Wildman–Crippen MR) is 64.7 cm³/mol. The number of hydrogen-bond acceptors (Lipinski definition) is 5. The van der Waals surface area contributed by atoms with E-state index in [1.807, 2.05) is 0 Å². The van der Waals surface area contributed by atoms with Gasteiger partial charge < -0.3 is 19.4 Å². The van der Waals surface area contributed by atoms with Crippen molar-refractivity contribution in [3.05, 3.63) is 38.7 Å². The summed E-state index contributed by atoms with van der Waals surface area (Å²) in [7, 11) is 0. The quantitative estimate of drug-likeness (QED) is 0.652. The molecule has 18 heavy (non-hydrogen) atoms. The van der Waals surface area contributed by atoms with Crippen molar-refractivity contribution < 1.29 is 24.2 Å². The van der Waals surface area contributed by atoms with Crippen LogP contribution in [0.1, 0.15) is 5.56 Å². The van der Waals surface area contributed by atoms with Crippen molar-refractivity contribution in [3.8, 4) is 5.75 Å². The van der Waals surface area contributed by atoms with Gasteiger partial charge in [0, 0.05) is 23.1 Å². The summed E-state index contributed by atoms with van der Waals surface area (Å²) in [5.41, 5.74) is -0.121. The van der Waals surface area contributed by atoms with E-state index >= 15 is 0 Å². The molecular weight excluding hydrogens is 308 g/mol. The molecule has 1 aromatic heterocycles. The van der Waals surface area contributed by atoms with Gasteiger partial charge in [-0.3, -0.25) is 0 Å². The molecule has 0 spiro atoms. The molecule has 6 nitrogen and oxygen atoms in total. The molecule has 94 valence electrons. The minimum Gasteiger partial charge on any atom is -0.507 e. The predicted octanol–water partition coefficient (Wildman–Crippen LogP) is 2.46. The highest BCUT2D eigenvalue weighted by Crippen LogP contribution is 2.30.